The highest BCUT2D eigenvalue weighted by Gasteiger charge is 2.22. The van der Waals surface area contributed by atoms with Crippen molar-refractivity contribution in [1.82, 2.24) is 15.7 Å². The molecular weight excluding hydrogens is 414 g/mol. The van der Waals surface area contributed by atoms with Gasteiger partial charge in [-0.25, -0.2) is 20.0 Å². The second kappa shape index (κ2) is 10.4. The number of urea groups is 2. The fraction of sp³-hybridized carbons (Fsp3) is 0.227. The first-order valence-corrected chi connectivity index (χ1v) is 10.7. The van der Waals surface area contributed by atoms with Gasteiger partial charge in [-0.15, -0.1) is 11.3 Å². The molecule has 8 nitrogen and oxygen atoms in total. The molecule has 0 saturated heterocycles. The summed E-state index contributed by atoms with van der Waals surface area (Å²) >= 11 is 1.25. The van der Waals surface area contributed by atoms with Gasteiger partial charge >= 0.3 is 12.1 Å². The monoisotopic (exact) mass is 439 g/mol. The van der Waals surface area contributed by atoms with Gasteiger partial charge in [-0.05, 0) is 49.7 Å². The molecule has 0 spiro atoms. The van der Waals surface area contributed by atoms with Crippen molar-refractivity contribution < 1.29 is 14.3 Å². The van der Waals surface area contributed by atoms with Gasteiger partial charge < -0.3 is 15.4 Å². The van der Waals surface area contributed by atoms with Crippen molar-refractivity contribution in [3.63, 3.8) is 0 Å². The van der Waals surface area contributed by atoms with Crippen molar-refractivity contribution in [2.75, 3.05) is 24.0 Å². The Morgan fingerprint density at radius 2 is 1.81 bits per heavy atom. The molecule has 3 N–H and O–H groups in total. The van der Waals surface area contributed by atoms with Gasteiger partial charge in [0, 0.05) is 23.2 Å². The molecule has 0 fully saturated rings. The Hall–Kier alpha value is -3.59. The molecular formula is C22H25N5O3S. The fourth-order valence-electron chi connectivity index (χ4n) is 2.64. The first kappa shape index (κ1) is 22.1. The number of amides is 4. The highest BCUT2D eigenvalue weighted by molar-refractivity contribution is 7.14. The first-order valence-electron chi connectivity index (χ1n) is 9.82. The number of benzene rings is 2. The van der Waals surface area contributed by atoms with Crippen molar-refractivity contribution >= 4 is 34.2 Å². The van der Waals surface area contributed by atoms with E-state index in [1.54, 1.807) is 19.2 Å². The molecule has 0 bridgehead atoms. The van der Waals surface area contributed by atoms with Crippen LogP contribution in [0, 0.1) is 6.92 Å². The summed E-state index contributed by atoms with van der Waals surface area (Å²) in [5, 5.41) is 8.77. The molecule has 162 valence electrons. The summed E-state index contributed by atoms with van der Waals surface area (Å²) in [5.74, 6) is 0.743. The van der Waals surface area contributed by atoms with Crippen LogP contribution in [0.2, 0.25) is 0 Å². The van der Waals surface area contributed by atoms with Gasteiger partial charge in [0.1, 0.15) is 5.75 Å². The van der Waals surface area contributed by atoms with E-state index < -0.39 is 12.1 Å². The highest BCUT2D eigenvalue weighted by Crippen LogP contribution is 2.28. The van der Waals surface area contributed by atoms with Crippen molar-refractivity contribution in [3.05, 3.63) is 59.5 Å². The lowest BCUT2D eigenvalue weighted by Gasteiger charge is -2.21. The Balaban J connectivity index is 1.82. The minimum Gasteiger partial charge on any atom is -0.497 e. The predicted octanol–water partition coefficient (Wildman–Crippen LogP) is 4.79. The lowest BCUT2D eigenvalue weighted by atomic mass is 10.2. The van der Waals surface area contributed by atoms with E-state index in [0.29, 0.717) is 23.1 Å². The third-order valence-electron chi connectivity index (χ3n) is 4.32. The molecule has 0 aliphatic rings. The average Bonchev–Trinajstić information content (AvgIpc) is 3.27. The van der Waals surface area contributed by atoms with Crippen LogP contribution in [0.4, 0.5) is 20.4 Å². The van der Waals surface area contributed by atoms with E-state index in [2.05, 4.69) is 21.0 Å². The standard InChI is InChI=1S/C22H25N5O3S/c1-4-13-23-20(28)26-27(21(29)24-17-9-5-15(2)6-10-17)22-25-19(14-31-22)16-7-11-18(30-3)12-8-16/h5-12,14H,4,13H2,1-3H3,(H,24,29)(H2,23,26,28). The number of rotatable bonds is 6. The van der Waals surface area contributed by atoms with Crippen LogP contribution in [0.1, 0.15) is 18.9 Å². The van der Waals surface area contributed by atoms with Crippen molar-refractivity contribution in [2.45, 2.75) is 20.3 Å². The molecule has 0 atom stereocenters. The second-order valence-corrected chi connectivity index (χ2v) is 7.58. The maximum absolute atomic E-state index is 13.0. The van der Waals surface area contributed by atoms with Crippen LogP contribution in [0.15, 0.2) is 53.9 Å². The molecule has 4 amide bonds. The van der Waals surface area contributed by atoms with Crippen molar-refractivity contribution in [2.24, 2.45) is 0 Å². The van der Waals surface area contributed by atoms with Crippen LogP contribution in [0.25, 0.3) is 11.3 Å². The summed E-state index contributed by atoms with van der Waals surface area (Å²) in [6.07, 6.45) is 0.780. The summed E-state index contributed by atoms with van der Waals surface area (Å²) < 4.78 is 5.19. The van der Waals surface area contributed by atoms with E-state index in [-0.39, 0.29) is 0 Å². The van der Waals surface area contributed by atoms with E-state index in [4.69, 9.17) is 4.74 Å². The number of aromatic nitrogens is 1. The fourth-order valence-corrected chi connectivity index (χ4v) is 3.43. The number of methoxy groups -OCH3 is 1. The number of hydrazine groups is 1. The molecule has 0 aliphatic carbocycles. The lowest BCUT2D eigenvalue weighted by Crippen LogP contribution is -2.52. The number of ether oxygens (including phenoxy) is 1. The Morgan fingerprint density at radius 3 is 2.45 bits per heavy atom. The molecule has 31 heavy (non-hydrogen) atoms. The zero-order chi connectivity index (χ0) is 22.2. The highest BCUT2D eigenvalue weighted by atomic mass is 32.1. The molecule has 0 saturated carbocycles. The second-order valence-electron chi connectivity index (χ2n) is 6.74. The van der Waals surface area contributed by atoms with E-state index in [9.17, 15) is 9.59 Å². The smallest absolute Gasteiger partial charge is 0.347 e. The van der Waals surface area contributed by atoms with E-state index in [0.717, 1.165) is 28.3 Å². The van der Waals surface area contributed by atoms with Gasteiger partial charge in [0.25, 0.3) is 0 Å². The summed E-state index contributed by atoms with van der Waals surface area (Å²) in [7, 11) is 1.61. The molecule has 1 aromatic heterocycles. The maximum atomic E-state index is 13.0. The molecule has 0 aliphatic heterocycles. The summed E-state index contributed by atoms with van der Waals surface area (Å²) in [5.41, 5.74) is 5.83. The van der Waals surface area contributed by atoms with E-state index >= 15 is 0 Å². The maximum Gasteiger partial charge on any atom is 0.347 e. The SMILES string of the molecule is CCCNC(=O)NN(C(=O)Nc1ccc(C)cc1)c1nc(-c2ccc(OC)cc2)cs1. The molecule has 2 aromatic carbocycles. The predicted molar refractivity (Wildman–Crippen MR) is 124 cm³/mol. The number of carbonyl (C=O) groups excluding carboxylic acids is 2. The zero-order valence-corrected chi connectivity index (χ0v) is 18.5. The summed E-state index contributed by atoms with van der Waals surface area (Å²) in [4.78, 5) is 29.8. The van der Waals surface area contributed by atoms with Crippen LogP contribution in [0.5, 0.6) is 5.75 Å². The van der Waals surface area contributed by atoms with Crippen LogP contribution in [-0.4, -0.2) is 30.7 Å². The van der Waals surface area contributed by atoms with Gasteiger partial charge in [-0.3, -0.25) is 0 Å². The summed E-state index contributed by atoms with van der Waals surface area (Å²) in [6, 6.07) is 13.8. The van der Waals surface area contributed by atoms with E-state index in [1.807, 2.05) is 55.6 Å². The number of anilines is 2. The third kappa shape index (κ3) is 5.95. The van der Waals surface area contributed by atoms with Crippen LogP contribution >= 0.6 is 11.3 Å². The Bertz CT molecular complexity index is 1020. The number of nitrogens with zero attached hydrogens (tertiary/aromatic N) is 2. The van der Waals surface area contributed by atoms with Crippen LogP contribution in [-0.2, 0) is 0 Å². The number of hydrogen-bond donors (Lipinski definition) is 3. The molecule has 3 rings (SSSR count). The van der Waals surface area contributed by atoms with Crippen LogP contribution < -0.4 is 25.8 Å². The average molecular weight is 440 g/mol. The Morgan fingerprint density at radius 1 is 1.10 bits per heavy atom. The third-order valence-corrected chi connectivity index (χ3v) is 5.15. The normalized spacial score (nSPS) is 10.3. The molecule has 0 radical (unpaired) electrons. The summed E-state index contributed by atoms with van der Waals surface area (Å²) in [6.45, 7) is 4.41. The number of aryl methyl sites for hydroxylation is 1. The Kier molecular flexibility index (Phi) is 7.45. The van der Waals surface area contributed by atoms with Gasteiger partial charge in [0.15, 0.2) is 0 Å². The minimum absolute atomic E-state index is 0.335. The van der Waals surface area contributed by atoms with Crippen LogP contribution in [0.3, 0.4) is 0 Å². The number of hydrogen-bond acceptors (Lipinski definition) is 5. The largest absolute Gasteiger partial charge is 0.497 e. The zero-order valence-electron chi connectivity index (χ0n) is 17.6. The molecule has 9 heteroatoms. The minimum atomic E-state index is -0.522. The molecule has 1 heterocycles. The number of thiazole rings is 1. The van der Waals surface area contributed by atoms with Crippen molar-refractivity contribution in [3.8, 4) is 17.0 Å². The number of nitrogens with one attached hydrogen (secondary N) is 3. The topological polar surface area (TPSA) is 95.6 Å². The first-order chi connectivity index (χ1) is 15.0. The van der Waals surface area contributed by atoms with Gasteiger partial charge in [0.05, 0.1) is 12.8 Å². The van der Waals surface area contributed by atoms with Gasteiger partial charge in [-0.2, -0.15) is 5.01 Å². The quantitative estimate of drug-likeness (QED) is 0.481. The van der Waals surface area contributed by atoms with E-state index in [1.165, 1.54) is 11.3 Å². The molecule has 3 aromatic rings. The Labute approximate surface area is 185 Å². The van der Waals surface area contributed by atoms with Gasteiger partial charge in [0.2, 0.25) is 5.13 Å². The van der Waals surface area contributed by atoms with Crippen molar-refractivity contribution in [1.29, 1.82) is 0 Å². The van der Waals surface area contributed by atoms with Gasteiger partial charge in [-0.1, -0.05) is 24.6 Å². The lowest BCUT2D eigenvalue weighted by molar-refractivity contribution is 0.235. The molecule has 0 unspecified atom stereocenters. The number of carbonyl (C=O) groups is 2.